The summed E-state index contributed by atoms with van der Waals surface area (Å²) in [6.07, 6.45) is 5.33. The van der Waals surface area contributed by atoms with Crippen LogP contribution in [0.5, 0.6) is 0 Å². The fourth-order valence-electron chi connectivity index (χ4n) is 2.03. The maximum absolute atomic E-state index is 10.7. The minimum Gasteiger partial charge on any atom is -0.480 e. The molecule has 3 heteroatoms. The van der Waals surface area contributed by atoms with Crippen LogP contribution < -0.4 is 0 Å². The Kier molecular flexibility index (Phi) is 4.14. The summed E-state index contributed by atoms with van der Waals surface area (Å²) in [5.41, 5.74) is 0. The van der Waals surface area contributed by atoms with Crippen molar-refractivity contribution in [3.8, 4) is 0 Å². The van der Waals surface area contributed by atoms with Crippen molar-refractivity contribution in [2.24, 2.45) is 5.92 Å². The Morgan fingerprint density at radius 1 is 1.71 bits per heavy atom. The Balaban J connectivity index is 2.52. The highest BCUT2D eigenvalue weighted by atomic mass is 16.4. The van der Waals surface area contributed by atoms with Gasteiger partial charge in [-0.1, -0.05) is 13.0 Å². The molecule has 1 rings (SSSR count). The lowest BCUT2D eigenvalue weighted by molar-refractivity contribution is -0.138. The fraction of sp³-hybridized carbons (Fsp3) is 0.727. The Morgan fingerprint density at radius 2 is 2.36 bits per heavy atom. The number of rotatable bonds is 7. The minimum atomic E-state index is -0.744. The van der Waals surface area contributed by atoms with Crippen molar-refractivity contribution in [2.75, 3.05) is 13.1 Å². The molecule has 1 fully saturated rings. The molecule has 0 aromatic carbocycles. The lowest BCUT2D eigenvalue weighted by atomic mass is 10.1. The number of carboxylic acid groups (broad SMARTS) is 1. The Labute approximate surface area is 85.4 Å². The number of carboxylic acids is 1. The van der Waals surface area contributed by atoms with E-state index in [4.69, 9.17) is 5.11 Å². The van der Waals surface area contributed by atoms with E-state index in [0.717, 1.165) is 12.3 Å². The zero-order valence-electron chi connectivity index (χ0n) is 8.78. The van der Waals surface area contributed by atoms with Crippen LogP contribution in [-0.4, -0.2) is 35.1 Å². The van der Waals surface area contributed by atoms with Crippen molar-refractivity contribution >= 4 is 5.97 Å². The minimum absolute atomic E-state index is 0.140. The first-order valence-corrected chi connectivity index (χ1v) is 5.25. The van der Waals surface area contributed by atoms with Gasteiger partial charge in [0, 0.05) is 12.6 Å². The van der Waals surface area contributed by atoms with Gasteiger partial charge in [0.15, 0.2) is 0 Å². The quantitative estimate of drug-likeness (QED) is 0.632. The van der Waals surface area contributed by atoms with E-state index in [0.29, 0.717) is 12.6 Å². The third kappa shape index (κ3) is 3.14. The number of aliphatic carboxylic acids is 1. The van der Waals surface area contributed by atoms with Crippen LogP contribution >= 0.6 is 0 Å². The molecule has 0 heterocycles. The molecule has 1 saturated carbocycles. The molecule has 14 heavy (non-hydrogen) atoms. The van der Waals surface area contributed by atoms with E-state index in [2.05, 4.69) is 13.5 Å². The zero-order chi connectivity index (χ0) is 10.6. The van der Waals surface area contributed by atoms with Crippen molar-refractivity contribution in [2.45, 2.75) is 32.2 Å². The Hall–Kier alpha value is -0.830. The molecule has 0 spiro atoms. The van der Waals surface area contributed by atoms with Crippen LogP contribution in [0.2, 0.25) is 0 Å². The van der Waals surface area contributed by atoms with Crippen LogP contribution in [0.25, 0.3) is 0 Å². The van der Waals surface area contributed by atoms with Gasteiger partial charge in [0.05, 0.1) is 6.54 Å². The van der Waals surface area contributed by atoms with Crippen LogP contribution in [0.3, 0.4) is 0 Å². The third-order valence-electron chi connectivity index (χ3n) is 2.76. The second-order valence-electron chi connectivity index (χ2n) is 3.92. The van der Waals surface area contributed by atoms with Gasteiger partial charge in [-0.3, -0.25) is 9.69 Å². The summed E-state index contributed by atoms with van der Waals surface area (Å²) < 4.78 is 0. The lowest BCUT2D eigenvalue weighted by Gasteiger charge is -2.28. The van der Waals surface area contributed by atoms with Crippen LogP contribution in [-0.2, 0) is 4.79 Å². The molecule has 3 nitrogen and oxygen atoms in total. The van der Waals surface area contributed by atoms with E-state index < -0.39 is 5.97 Å². The molecular formula is C11H19NO2. The molecule has 0 aliphatic heterocycles. The van der Waals surface area contributed by atoms with E-state index >= 15 is 0 Å². The summed E-state index contributed by atoms with van der Waals surface area (Å²) in [5, 5.41) is 8.78. The van der Waals surface area contributed by atoms with Crippen LogP contribution in [0.15, 0.2) is 12.7 Å². The molecule has 1 aliphatic carbocycles. The maximum Gasteiger partial charge on any atom is 0.317 e. The second-order valence-corrected chi connectivity index (χ2v) is 3.92. The number of nitrogens with zero attached hydrogens (tertiary/aromatic N) is 1. The van der Waals surface area contributed by atoms with Gasteiger partial charge >= 0.3 is 5.97 Å². The molecule has 0 aromatic rings. The SMILES string of the molecule is C=CCN(CC(=O)O)C(CC)C1CC1. The van der Waals surface area contributed by atoms with Crippen molar-refractivity contribution in [3.63, 3.8) is 0 Å². The molecule has 0 bridgehead atoms. The molecule has 0 amide bonds. The predicted molar refractivity (Wildman–Crippen MR) is 56.2 cm³/mol. The monoisotopic (exact) mass is 197 g/mol. The highest BCUT2D eigenvalue weighted by Crippen LogP contribution is 2.36. The molecule has 0 saturated heterocycles. The van der Waals surface area contributed by atoms with Crippen LogP contribution in [0.1, 0.15) is 26.2 Å². The zero-order valence-corrected chi connectivity index (χ0v) is 8.78. The van der Waals surface area contributed by atoms with Gasteiger partial charge in [0.1, 0.15) is 0 Å². The first-order valence-electron chi connectivity index (χ1n) is 5.25. The third-order valence-corrected chi connectivity index (χ3v) is 2.76. The van der Waals surface area contributed by atoms with Gasteiger partial charge in [-0.15, -0.1) is 6.58 Å². The van der Waals surface area contributed by atoms with Gasteiger partial charge in [-0.05, 0) is 25.2 Å². The topological polar surface area (TPSA) is 40.5 Å². The Bertz CT molecular complexity index is 211. The van der Waals surface area contributed by atoms with Gasteiger partial charge in [-0.25, -0.2) is 0 Å². The smallest absolute Gasteiger partial charge is 0.317 e. The summed E-state index contributed by atoms with van der Waals surface area (Å²) in [4.78, 5) is 12.7. The van der Waals surface area contributed by atoms with Crippen molar-refractivity contribution in [1.82, 2.24) is 4.90 Å². The van der Waals surface area contributed by atoms with Gasteiger partial charge < -0.3 is 5.11 Å². The van der Waals surface area contributed by atoms with Crippen molar-refractivity contribution in [3.05, 3.63) is 12.7 Å². The van der Waals surface area contributed by atoms with E-state index in [1.807, 2.05) is 4.90 Å². The average Bonchev–Trinajstić information content (AvgIpc) is 2.89. The molecule has 80 valence electrons. The number of hydrogen-bond acceptors (Lipinski definition) is 2. The van der Waals surface area contributed by atoms with Crippen molar-refractivity contribution < 1.29 is 9.90 Å². The van der Waals surface area contributed by atoms with E-state index in [1.165, 1.54) is 12.8 Å². The summed E-state index contributed by atoms with van der Waals surface area (Å²) >= 11 is 0. The largest absolute Gasteiger partial charge is 0.480 e. The first-order chi connectivity index (χ1) is 6.69. The number of carbonyl (C=O) groups is 1. The van der Waals surface area contributed by atoms with E-state index in [1.54, 1.807) is 6.08 Å². The fourth-order valence-corrected chi connectivity index (χ4v) is 2.03. The first kappa shape index (κ1) is 11.2. The standard InChI is InChI=1S/C11H19NO2/c1-3-7-12(8-11(13)14)10(4-2)9-5-6-9/h3,9-10H,1,4-8H2,2H3,(H,13,14). The van der Waals surface area contributed by atoms with Crippen LogP contribution in [0, 0.1) is 5.92 Å². The molecule has 0 aromatic heterocycles. The predicted octanol–water partition coefficient (Wildman–Crippen LogP) is 1.75. The molecule has 0 radical (unpaired) electrons. The molecule has 1 N–H and O–H groups in total. The summed E-state index contributed by atoms with van der Waals surface area (Å²) in [6, 6.07) is 0.434. The molecular weight excluding hydrogens is 178 g/mol. The van der Waals surface area contributed by atoms with Crippen LogP contribution in [0.4, 0.5) is 0 Å². The normalized spacial score (nSPS) is 18.1. The molecule has 1 atom stereocenters. The summed E-state index contributed by atoms with van der Waals surface area (Å²) in [7, 11) is 0. The highest BCUT2D eigenvalue weighted by Gasteiger charge is 2.34. The highest BCUT2D eigenvalue weighted by molar-refractivity contribution is 5.69. The average molecular weight is 197 g/mol. The number of hydrogen-bond donors (Lipinski definition) is 1. The van der Waals surface area contributed by atoms with Gasteiger partial charge in [-0.2, -0.15) is 0 Å². The lowest BCUT2D eigenvalue weighted by Crippen LogP contribution is -2.40. The van der Waals surface area contributed by atoms with Crippen molar-refractivity contribution in [1.29, 1.82) is 0 Å². The van der Waals surface area contributed by atoms with Gasteiger partial charge in [0.2, 0.25) is 0 Å². The molecule has 1 unspecified atom stereocenters. The summed E-state index contributed by atoms with van der Waals surface area (Å²) in [5.74, 6) is -0.0229. The summed E-state index contributed by atoms with van der Waals surface area (Å²) in [6.45, 7) is 6.62. The Morgan fingerprint density at radius 3 is 2.71 bits per heavy atom. The second kappa shape index (κ2) is 5.15. The van der Waals surface area contributed by atoms with Gasteiger partial charge in [0.25, 0.3) is 0 Å². The molecule has 1 aliphatic rings. The van der Waals surface area contributed by atoms with E-state index in [9.17, 15) is 4.79 Å². The van der Waals surface area contributed by atoms with E-state index in [-0.39, 0.29) is 6.54 Å². The maximum atomic E-state index is 10.7.